The molecule has 0 amide bonds. The van der Waals surface area contributed by atoms with Crippen LogP contribution in [0.3, 0.4) is 0 Å². The van der Waals surface area contributed by atoms with Gasteiger partial charge < -0.3 is 15.1 Å². The van der Waals surface area contributed by atoms with Crippen molar-refractivity contribution in [2.45, 2.75) is 6.18 Å². The number of aromatic nitrogens is 1. The molecule has 0 fully saturated rings. The SMILES string of the molecule is OCCN(CCO)c1cccc(C(F)(F)F)n1. The molecular weight excluding hydrogens is 237 g/mol. The lowest BCUT2D eigenvalue weighted by Gasteiger charge is -2.22. The van der Waals surface area contributed by atoms with Crippen molar-refractivity contribution in [2.75, 3.05) is 31.2 Å². The van der Waals surface area contributed by atoms with Crippen molar-refractivity contribution in [3.8, 4) is 0 Å². The number of nitrogens with zero attached hydrogens (tertiary/aromatic N) is 2. The number of hydrogen-bond acceptors (Lipinski definition) is 4. The van der Waals surface area contributed by atoms with Gasteiger partial charge >= 0.3 is 6.18 Å². The summed E-state index contributed by atoms with van der Waals surface area (Å²) >= 11 is 0. The van der Waals surface area contributed by atoms with E-state index in [-0.39, 0.29) is 32.1 Å². The van der Waals surface area contributed by atoms with E-state index < -0.39 is 11.9 Å². The monoisotopic (exact) mass is 250 g/mol. The van der Waals surface area contributed by atoms with Crippen molar-refractivity contribution >= 4 is 5.82 Å². The molecule has 0 saturated carbocycles. The van der Waals surface area contributed by atoms with Crippen molar-refractivity contribution in [1.29, 1.82) is 0 Å². The molecule has 1 aromatic heterocycles. The maximum absolute atomic E-state index is 12.4. The van der Waals surface area contributed by atoms with Gasteiger partial charge in [-0.1, -0.05) is 6.07 Å². The predicted octanol–water partition coefficient (Wildman–Crippen LogP) is 0.891. The first kappa shape index (κ1) is 13.7. The van der Waals surface area contributed by atoms with Gasteiger partial charge in [-0.3, -0.25) is 0 Å². The van der Waals surface area contributed by atoms with Crippen LogP contribution in [0.5, 0.6) is 0 Å². The molecule has 1 aromatic rings. The molecule has 0 aromatic carbocycles. The molecule has 0 bridgehead atoms. The molecule has 0 aliphatic carbocycles. The summed E-state index contributed by atoms with van der Waals surface area (Å²) in [4.78, 5) is 4.84. The number of rotatable bonds is 5. The highest BCUT2D eigenvalue weighted by molar-refractivity contribution is 5.39. The standard InChI is InChI=1S/C10H13F3N2O2/c11-10(12,13)8-2-1-3-9(14-8)15(4-6-16)5-7-17/h1-3,16-17H,4-7H2. The fraction of sp³-hybridized carbons (Fsp3) is 0.500. The minimum atomic E-state index is -4.50. The van der Waals surface area contributed by atoms with Crippen molar-refractivity contribution in [1.82, 2.24) is 4.98 Å². The summed E-state index contributed by atoms with van der Waals surface area (Å²) in [6.07, 6.45) is -4.50. The number of halogens is 3. The lowest BCUT2D eigenvalue weighted by Crippen LogP contribution is -2.30. The van der Waals surface area contributed by atoms with E-state index in [1.807, 2.05) is 0 Å². The van der Waals surface area contributed by atoms with Crippen LogP contribution in [-0.2, 0) is 6.18 Å². The average Bonchev–Trinajstić information content (AvgIpc) is 2.28. The maximum atomic E-state index is 12.4. The van der Waals surface area contributed by atoms with Gasteiger partial charge in [0.05, 0.1) is 13.2 Å². The summed E-state index contributed by atoms with van der Waals surface area (Å²) in [5, 5.41) is 17.6. The lowest BCUT2D eigenvalue weighted by molar-refractivity contribution is -0.141. The Kier molecular flexibility index (Phi) is 4.71. The van der Waals surface area contributed by atoms with Gasteiger partial charge in [0.25, 0.3) is 0 Å². The first-order valence-corrected chi connectivity index (χ1v) is 5.00. The van der Waals surface area contributed by atoms with Crippen LogP contribution in [0.15, 0.2) is 18.2 Å². The van der Waals surface area contributed by atoms with Crippen LogP contribution in [0, 0.1) is 0 Å². The molecule has 0 saturated heterocycles. The summed E-state index contributed by atoms with van der Waals surface area (Å²) in [6, 6.07) is 3.52. The second kappa shape index (κ2) is 5.83. The van der Waals surface area contributed by atoms with E-state index in [0.29, 0.717) is 0 Å². The zero-order valence-electron chi connectivity index (χ0n) is 8.98. The Balaban J connectivity index is 2.95. The van der Waals surface area contributed by atoms with Gasteiger partial charge in [0, 0.05) is 13.1 Å². The Morgan fingerprint density at radius 1 is 1.12 bits per heavy atom. The Morgan fingerprint density at radius 3 is 2.18 bits per heavy atom. The van der Waals surface area contributed by atoms with Gasteiger partial charge in [-0.05, 0) is 12.1 Å². The fourth-order valence-electron chi connectivity index (χ4n) is 1.34. The topological polar surface area (TPSA) is 56.6 Å². The maximum Gasteiger partial charge on any atom is 0.433 e. The van der Waals surface area contributed by atoms with Crippen molar-refractivity contribution in [2.24, 2.45) is 0 Å². The number of anilines is 1. The van der Waals surface area contributed by atoms with Crippen LogP contribution in [0.2, 0.25) is 0 Å². The van der Waals surface area contributed by atoms with Gasteiger partial charge in [0.15, 0.2) is 0 Å². The molecule has 0 aliphatic rings. The van der Waals surface area contributed by atoms with E-state index >= 15 is 0 Å². The van der Waals surface area contributed by atoms with Gasteiger partial charge in [-0.15, -0.1) is 0 Å². The Hall–Kier alpha value is -1.34. The smallest absolute Gasteiger partial charge is 0.395 e. The van der Waals surface area contributed by atoms with Crippen molar-refractivity contribution in [3.63, 3.8) is 0 Å². The summed E-state index contributed by atoms with van der Waals surface area (Å²) in [5.41, 5.74) is -0.990. The van der Waals surface area contributed by atoms with E-state index in [1.54, 1.807) is 0 Å². The number of pyridine rings is 1. The first-order valence-electron chi connectivity index (χ1n) is 5.00. The number of hydrogen-bond donors (Lipinski definition) is 2. The molecule has 0 spiro atoms. The molecule has 0 atom stereocenters. The zero-order chi connectivity index (χ0) is 12.9. The second-order valence-electron chi connectivity index (χ2n) is 3.31. The summed E-state index contributed by atoms with van der Waals surface area (Å²) in [7, 11) is 0. The van der Waals surface area contributed by atoms with Gasteiger partial charge in [-0.2, -0.15) is 13.2 Å². The van der Waals surface area contributed by atoms with E-state index in [9.17, 15) is 13.2 Å². The molecule has 0 radical (unpaired) electrons. The zero-order valence-corrected chi connectivity index (χ0v) is 8.98. The molecule has 96 valence electrons. The summed E-state index contributed by atoms with van der Waals surface area (Å²) in [5.74, 6) is 0.0860. The second-order valence-corrected chi connectivity index (χ2v) is 3.31. The van der Waals surface area contributed by atoms with Gasteiger partial charge in [0.1, 0.15) is 11.5 Å². The fourth-order valence-corrected chi connectivity index (χ4v) is 1.34. The lowest BCUT2D eigenvalue weighted by atomic mass is 10.3. The molecule has 0 aliphatic heterocycles. The van der Waals surface area contributed by atoms with E-state index in [2.05, 4.69) is 4.98 Å². The first-order chi connectivity index (χ1) is 7.99. The number of aliphatic hydroxyl groups is 2. The third-order valence-electron chi connectivity index (χ3n) is 2.09. The van der Waals surface area contributed by atoms with Crippen LogP contribution in [-0.4, -0.2) is 41.5 Å². The largest absolute Gasteiger partial charge is 0.433 e. The molecular formula is C10H13F3N2O2. The quantitative estimate of drug-likeness (QED) is 0.815. The van der Waals surface area contributed by atoms with Crippen LogP contribution >= 0.6 is 0 Å². The normalized spacial score (nSPS) is 11.6. The minimum absolute atomic E-state index is 0.0860. The molecule has 17 heavy (non-hydrogen) atoms. The number of alkyl halides is 3. The predicted molar refractivity (Wildman–Crippen MR) is 55.6 cm³/mol. The molecule has 4 nitrogen and oxygen atoms in total. The molecule has 0 unspecified atom stereocenters. The van der Waals surface area contributed by atoms with Gasteiger partial charge in [0.2, 0.25) is 0 Å². The molecule has 1 heterocycles. The van der Waals surface area contributed by atoms with Crippen LogP contribution in [0.4, 0.5) is 19.0 Å². The van der Waals surface area contributed by atoms with E-state index in [1.165, 1.54) is 17.0 Å². The van der Waals surface area contributed by atoms with E-state index in [0.717, 1.165) is 6.07 Å². The molecule has 7 heteroatoms. The average molecular weight is 250 g/mol. The van der Waals surface area contributed by atoms with Crippen molar-refractivity contribution < 1.29 is 23.4 Å². The highest BCUT2D eigenvalue weighted by Crippen LogP contribution is 2.28. The van der Waals surface area contributed by atoms with Crippen molar-refractivity contribution in [3.05, 3.63) is 23.9 Å². The van der Waals surface area contributed by atoms with Crippen LogP contribution in [0.25, 0.3) is 0 Å². The summed E-state index contributed by atoms with van der Waals surface area (Å²) < 4.78 is 37.3. The molecule has 1 rings (SSSR count). The van der Waals surface area contributed by atoms with E-state index in [4.69, 9.17) is 10.2 Å². The molecule has 2 N–H and O–H groups in total. The highest BCUT2D eigenvalue weighted by atomic mass is 19.4. The third kappa shape index (κ3) is 3.86. The highest BCUT2D eigenvalue weighted by Gasteiger charge is 2.32. The summed E-state index contributed by atoms with van der Waals surface area (Å²) in [6.45, 7) is -0.209. The minimum Gasteiger partial charge on any atom is -0.395 e. The van der Waals surface area contributed by atoms with Crippen LogP contribution < -0.4 is 4.90 Å². The van der Waals surface area contributed by atoms with Crippen LogP contribution in [0.1, 0.15) is 5.69 Å². The Labute approximate surface area is 96.3 Å². The Bertz CT molecular complexity index is 352. The van der Waals surface area contributed by atoms with Gasteiger partial charge in [-0.25, -0.2) is 4.98 Å². The number of aliphatic hydroxyl groups excluding tert-OH is 2. The third-order valence-corrected chi connectivity index (χ3v) is 2.09. The Morgan fingerprint density at radius 2 is 1.71 bits per heavy atom.